The smallest absolute Gasteiger partial charge is 0.136 e. The zero-order chi connectivity index (χ0) is 11.3. The van der Waals surface area contributed by atoms with Crippen LogP contribution in [0.2, 0.25) is 0 Å². The van der Waals surface area contributed by atoms with Gasteiger partial charge in [0, 0.05) is 31.3 Å². The standard InChI is InChI=1S/C11H19N3O/c1-9(5-7-12)11(15)4-3-10-6-8-13-14(10)2/h6,8-9H,3-5,7,12H2,1-2H3. The van der Waals surface area contributed by atoms with Crippen LogP contribution in [0.1, 0.15) is 25.5 Å². The first-order chi connectivity index (χ1) is 7.15. The van der Waals surface area contributed by atoms with E-state index in [1.807, 2.05) is 20.0 Å². The van der Waals surface area contributed by atoms with Crippen molar-refractivity contribution in [1.82, 2.24) is 9.78 Å². The van der Waals surface area contributed by atoms with Gasteiger partial charge in [0.05, 0.1) is 0 Å². The van der Waals surface area contributed by atoms with Gasteiger partial charge in [0.2, 0.25) is 0 Å². The monoisotopic (exact) mass is 209 g/mol. The van der Waals surface area contributed by atoms with E-state index in [9.17, 15) is 4.79 Å². The van der Waals surface area contributed by atoms with Gasteiger partial charge in [0.15, 0.2) is 0 Å². The number of aryl methyl sites for hydroxylation is 2. The second kappa shape index (κ2) is 5.66. The van der Waals surface area contributed by atoms with Gasteiger partial charge in [-0.25, -0.2) is 0 Å². The lowest BCUT2D eigenvalue weighted by atomic mass is 9.98. The maximum absolute atomic E-state index is 11.7. The fourth-order valence-electron chi connectivity index (χ4n) is 1.56. The first-order valence-corrected chi connectivity index (χ1v) is 5.34. The molecule has 0 fully saturated rings. The summed E-state index contributed by atoms with van der Waals surface area (Å²) in [5, 5.41) is 4.06. The van der Waals surface area contributed by atoms with Crippen molar-refractivity contribution in [3.05, 3.63) is 18.0 Å². The van der Waals surface area contributed by atoms with Gasteiger partial charge >= 0.3 is 0 Å². The molecule has 0 amide bonds. The van der Waals surface area contributed by atoms with Crippen molar-refractivity contribution in [2.45, 2.75) is 26.2 Å². The summed E-state index contributed by atoms with van der Waals surface area (Å²) in [5.74, 6) is 0.380. The quantitative estimate of drug-likeness (QED) is 0.757. The number of ketones is 1. The second-order valence-corrected chi connectivity index (χ2v) is 3.89. The van der Waals surface area contributed by atoms with Gasteiger partial charge in [-0.3, -0.25) is 9.48 Å². The van der Waals surface area contributed by atoms with E-state index in [2.05, 4.69) is 5.10 Å². The zero-order valence-electron chi connectivity index (χ0n) is 9.44. The van der Waals surface area contributed by atoms with Crippen LogP contribution in [-0.2, 0) is 18.3 Å². The fraction of sp³-hybridized carbons (Fsp3) is 0.636. The van der Waals surface area contributed by atoms with E-state index in [4.69, 9.17) is 5.73 Å². The van der Waals surface area contributed by atoms with Gasteiger partial charge in [0.25, 0.3) is 0 Å². The van der Waals surface area contributed by atoms with Gasteiger partial charge in [-0.1, -0.05) is 6.92 Å². The number of carbonyl (C=O) groups is 1. The minimum absolute atomic E-state index is 0.0863. The van der Waals surface area contributed by atoms with Crippen molar-refractivity contribution in [3.63, 3.8) is 0 Å². The third-order valence-electron chi connectivity index (χ3n) is 2.70. The topological polar surface area (TPSA) is 60.9 Å². The molecule has 0 saturated carbocycles. The number of rotatable bonds is 6. The van der Waals surface area contributed by atoms with Crippen molar-refractivity contribution in [3.8, 4) is 0 Å². The highest BCUT2D eigenvalue weighted by Crippen LogP contribution is 2.08. The molecule has 1 rings (SSSR count). The van der Waals surface area contributed by atoms with Crippen LogP contribution in [0.3, 0.4) is 0 Å². The minimum Gasteiger partial charge on any atom is -0.330 e. The Morgan fingerprint density at radius 2 is 2.40 bits per heavy atom. The zero-order valence-corrected chi connectivity index (χ0v) is 9.44. The molecule has 0 aromatic carbocycles. The van der Waals surface area contributed by atoms with E-state index < -0.39 is 0 Å². The van der Waals surface area contributed by atoms with Crippen molar-refractivity contribution >= 4 is 5.78 Å². The lowest BCUT2D eigenvalue weighted by Gasteiger charge is -2.08. The summed E-state index contributed by atoms with van der Waals surface area (Å²) >= 11 is 0. The number of nitrogens with two attached hydrogens (primary N) is 1. The Morgan fingerprint density at radius 3 is 2.93 bits per heavy atom. The van der Waals surface area contributed by atoms with Crippen LogP contribution in [0.5, 0.6) is 0 Å². The maximum Gasteiger partial charge on any atom is 0.136 e. The van der Waals surface area contributed by atoms with Crippen LogP contribution in [0.4, 0.5) is 0 Å². The van der Waals surface area contributed by atoms with Gasteiger partial charge in [-0.2, -0.15) is 5.10 Å². The SMILES string of the molecule is CC(CCN)C(=O)CCc1ccnn1C. The molecule has 4 heteroatoms. The number of hydrogen-bond acceptors (Lipinski definition) is 3. The summed E-state index contributed by atoms with van der Waals surface area (Å²) in [7, 11) is 1.89. The van der Waals surface area contributed by atoms with Crippen molar-refractivity contribution in [1.29, 1.82) is 0 Å². The van der Waals surface area contributed by atoms with E-state index in [0.717, 1.165) is 18.5 Å². The molecule has 0 aliphatic rings. The third kappa shape index (κ3) is 3.47. The first kappa shape index (κ1) is 11.9. The fourth-order valence-corrected chi connectivity index (χ4v) is 1.56. The molecule has 0 spiro atoms. The molecule has 15 heavy (non-hydrogen) atoms. The molecular formula is C11H19N3O. The Bertz CT molecular complexity index is 319. The first-order valence-electron chi connectivity index (χ1n) is 5.34. The maximum atomic E-state index is 11.7. The van der Waals surface area contributed by atoms with E-state index in [1.165, 1.54) is 0 Å². The molecule has 2 N–H and O–H groups in total. The second-order valence-electron chi connectivity index (χ2n) is 3.89. The molecule has 1 aromatic heterocycles. The Balaban J connectivity index is 2.37. The summed E-state index contributed by atoms with van der Waals surface area (Å²) in [6.07, 6.45) is 3.89. The number of Topliss-reactive ketones (excluding diaryl/α,β-unsaturated/α-hetero) is 1. The van der Waals surface area contributed by atoms with Crippen LogP contribution >= 0.6 is 0 Å². The molecule has 0 saturated heterocycles. The molecule has 1 atom stereocenters. The highest BCUT2D eigenvalue weighted by Gasteiger charge is 2.12. The Kier molecular flexibility index (Phi) is 4.49. The Labute approximate surface area is 90.5 Å². The van der Waals surface area contributed by atoms with Gasteiger partial charge in [-0.05, 0) is 25.5 Å². The van der Waals surface area contributed by atoms with Crippen LogP contribution in [-0.4, -0.2) is 22.1 Å². The average Bonchev–Trinajstić information content (AvgIpc) is 2.61. The molecule has 4 nitrogen and oxygen atoms in total. The molecule has 1 aromatic rings. The van der Waals surface area contributed by atoms with Crippen molar-refractivity contribution in [2.24, 2.45) is 18.7 Å². The summed E-state index contributed by atoms with van der Waals surface area (Å²) in [4.78, 5) is 11.7. The molecule has 0 radical (unpaired) electrons. The lowest BCUT2D eigenvalue weighted by molar-refractivity contribution is -0.122. The predicted molar refractivity (Wildman–Crippen MR) is 59.4 cm³/mol. The van der Waals surface area contributed by atoms with Crippen LogP contribution in [0.25, 0.3) is 0 Å². The third-order valence-corrected chi connectivity index (χ3v) is 2.70. The van der Waals surface area contributed by atoms with E-state index >= 15 is 0 Å². The highest BCUT2D eigenvalue weighted by atomic mass is 16.1. The van der Waals surface area contributed by atoms with Crippen LogP contribution in [0, 0.1) is 5.92 Å². The van der Waals surface area contributed by atoms with E-state index in [-0.39, 0.29) is 5.92 Å². The molecule has 0 bridgehead atoms. The largest absolute Gasteiger partial charge is 0.330 e. The Morgan fingerprint density at radius 1 is 1.67 bits per heavy atom. The summed E-state index contributed by atoms with van der Waals surface area (Å²) in [6, 6.07) is 1.95. The van der Waals surface area contributed by atoms with Crippen molar-refractivity contribution < 1.29 is 4.79 Å². The summed E-state index contributed by atoms with van der Waals surface area (Å²) < 4.78 is 1.81. The molecular weight excluding hydrogens is 190 g/mol. The molecule has 84 valence electrons. The highest BCUT2D eigenvalue weighted by molar-refractivity contribution is 5.80. The lowest BCUT2D eigenvalue weighted by Crippen LogP contribution is -2.16. The molecule has 0 aliphatic heterocycles. The number of nitrogens with zero attached hydrogens (tertiary/aromatic N) is 2. The molecule has 1 unspecified atom stereocenters. The van der Waals surface area contributed by atoms with Crippen LogP contribution in [0.15, 0.2) is 12.3 Å². The summed E-state index contributed by atoms with van der Waals surface area (Å²) in [5.41, 5.74) is 6.52. The normalized spacial score (nSPS) is 12.7. The minimum atomic E-state index is 0.0863. The van der Waals surface area contributed by atoms with Crippen LogP contribution < -0.4 is 5.73 Å². The van der Waals surface area contributed by atoms with Gasteiger partial charge < -0.3 is 5.73 Å². The van der Waals surface area contributed by atoms with Gasteiger partial charge in [0.1, 0.15) is 5.78 Å². The Hall–Kier alpha value is -1.16. The average molecular weight is 209 g/mol. The summed E-state index contributed by atoms with van der Waals surface area (Å²) in [6.45, 7) is 2.52. The predicted octanol–water partition coefficient (Wildman–Crippen LogP) is 0.907. The van der Waals surface area contributed by atoms with Crippen molar-refractivity contribution in [2.75, 3.05) is 6.54 Å². The van der Waals surface area contributed by atoms with E-state index in [0.29, 0.717) is 18.7 Å². The van der Waals surface area contributed by atoms with Gasteiger partial charge in [-0.15, -0.1) is 0 Å². The molecule has 0 aliphatic carbocycles. The molecule has 1 heterocycles. The number of hydrogen-bond donors (Lipinski definition) is 1. The van der Waals surface area contributed by atoms with E-state index in [1.54, 1.807) is 10.9 Å². The number of carbonyl (C=O) groups excluding carboxylic acids is 1. The number of aromatic nitrogens is 2.